The van der Waals surface area contributed by atoms with Gasteiger partial charge in [0.2, 0.25) is 0 Å². The molecule has 26 heavy (non-hydrogen) atoms. The molecule has 0 saturated heterocycles. The molecular formula is C13H31Cl2O9PSi. The molecule has 0 atom stereocenters. The topological polar surface area (TPSA) is 113 Å². The van der Waals surface area contributed by atoms with Gasteiger partial charge in [-0.1, -0.05) is 0 Å². The van der Waals surface area contributed by atoms with Crippen molar-refractivity contribution in [1.29, 1.82) is 0 Å². The first kappa shape index (κ1) is 28.9. The van der Waals surface area contributed by atoms with Gasteiger partial charge in [0, 0.05) is 39.1 Å². The van der Waals surface area contributed by atoms with Crippen LogP contribution in [0.15, 0.2) is 0 Å². The molecule has 0 saturated carbocycles. The summed E-state index contributed by atoms with van der Waals surface area (Å²) in [4.78, 5) is 16.1. The van der Waals surface area contributed by atoms with E-state index in [1.165, 1.54) is 0 Å². The Morgan fingerprint density at radius 3 is 1.35 bits per heavy atom. The lowest BCUT2D eigenvalue weighted by molar-refractivity contribution is 0.0155. The van der Waals surface area contributed by atoms with E-state index in [9.17, 15) is 4.57 Å². The minimum atomic E-state index is -3.80. The van der Waals surface area contributed by atoms with Gasteiger partial charge in [0.15, 0.2) is 0 Å². The zero-order chi connectivity index (χ0) is 20.3. The fourth-order valence-corrected chi connectivity index (χ4v) is 5.08. The molecule has 0 heterocycles. The van der Waals surface area contributed by atoms with Gasteiger partial charge in [-0.15, -0.1) is 23.2 Å². The molecule has 160 valence electrons. The first-order valence-corrected chi connectivity index (χ1v) is 12.7. The third kappa shape index (κ3) is 19.5. The molecule has 0 rings (SSSR count). The van der Waals surface area contributed by atoms with E-state index in [2.05, 4.69) is 0 Å². The van der Waals surface area contributed by atoms with Crippen molar-refractivity contribution < 1.29 is 41.8 Å². The van der Waals surface area contributed by atoms with Gasteiger partial charge < -0.3 is 37.3 Å². The molecule has 0 aliphatic heterocycles. The Labute approximate surface area is 166 Å². The van der Waals surface area contributed by atoms with Crippen LogP contribution in [0, 0.1) is 0 Å². The lowest BCUT2D eigenvalue weighted by atomic mass is 10.8. The van der Waals surface area contributed by atoms with Crippen molar-refractivity contribution in [3.63, 3.8) is 0 Å². The van der Waals surface area contributed by atoms with Crippen LogP contribution in [-0.2, 0) is 32.1 Å². The maximum absolute atomic E-state index is 9.84. The van der Waals surface area contributed by atoms with Crippen molar-refractivity contribution in [2.75, 3.05) is 78.9 Å². The minimum Gasteiger partial charge on any atom is -0.382 e. The van der Waals surface area contributed by atoms with Crippen LogP contribution in [0.4, 0.5) is 0 Å². The lowest BCUT2D eigenvalue weighted by Gasteiger charge is -2.29. The second-order valence-electron chi connectivity index (χ2n) is 4.72. The molecule has 0 aliphatic rings. The van der Waals surface area contributed by atoms with Gasteiger partial charge >= 0.3 is 16.4 Å². The highest BCUT2D eigenvalue weighted by Crippen LogP contribution is 2.33. The molecule has 0 amide bonds. The number of methoxy groups -OCH3 is 3. The molecule has 0 aromatic rings. The molecule has 9 nitrogen and oxygen atoms in total. The fourth-order valence-electron chi connectivity index (χ4n) is 1.41. The Morgan fingerprint density at radius 2 is 1.15 bits per heavy atom. The molecule has 2 N–H and O–H groups in total. The smallest absolute Gasteiger partial charge is 0.382 e. The Balaban J connectivity index is 0. The molecule has 0 bridgehead atoms. The van der Waals surface area contributed by atoms with Crippen molar-refractivity contribution >= 4 is 39.6 Å². The summed E-state index contributed by atoms with van der Waals surface area (Å²) in [6.45, 7) is 2.70. The number of halogens is 2. The molecule has 0 radical (unpaired) electrons. The zero-order valence-corrected chi connectivity index (χ0v) is 18.9. The summed E-state index contributed by atoms with van der Waals surface area (Å²) in [5, 5.41) is 0. The van der Waals surface area contributed by atoms with Crippen molar-refractivity contribution in [3.05, 3.63) is 0 Å². The third-order valence-electron chi connectivity index (χ3n) is 2.60. The lowest BCUT2D eigenvalue weighted by Crippen LogP contribution is -2.48. The molecule has 0 aromatic carbocycles. The van der Waals surface area contributed by atoms with Crippen LogP contribution in [0.25, 0.3) is 0 Å². The highest BCUT2D eigenvalue weighted by molar-refractivity contribution is 7.51. The van der Waals surface area contributed by atoms with Crippen molar-refractivity contribution in [3.8, 4) is 0 Å². The predicted molar refractivity (Wildman–Crippen MR) is 102 cm³/mol. The molecule has 0 fully saturated rings. The molecular weight excluding hydrogens is 430 g/mol. The van der Waals surface area contributed by atoms with Crippen LogP contribution in [-0.4, -0.2) is 97.5 Å². The Hall–Kier alpha value is 0.707. The first-order chi connectivity index (χ1) is 12.3. The normalized spacial score (nSPS) is 12.0. The fraction of sp³-hybridized carbons (Fsp3) is 1.00. The summed E-state index contributed by atoms with van der Waals surface area (Å²) in [6, 6.07) is 0.547. The van der Waals surface area contributed by atoms with Crippen LogP contribution < -0.4 is 0 Å². The standard InChI is InChI=1S/C11H25ClO6Si.C2H6ClO3P/c1-13-5-8-16-19(11-4-12,17-9-6-14-2)18-10-7-15-3;3-1-2-7(4,5)6/h4-11H2,1-3H3;1-2H2,(H2,4,5,6). The van der Waals surface area contributed by atoms with E-state index in [1.54, 1.807) is 21.3 Å². The monoisotopic (exact) mass is 460 g/mol. The van der Waals surface area contributed by atoms with E-state index >= 15 is 0 Å². The van der Waals surface area contributed by atoms with E-state index < -0.39 is 16.4 Å². The van der Waals surface area contributed by atoms with Crippen LogP contribution in [0.5, 0.6) is 0 Å². The SMILES string of the molecule is COCCO[Si](CCCl)(OCCOC)OCCOC.O=P(O)(O)CCCl. The number of hydrogen-bond acceptors (Lipinski definition) is 7. The second kappa shape index (κ2) is 19.0. The number of alkyl halides is 2. The van der Waals surface area contributed by atoms with Gasteiger partial charge in [-0.3, -0.25) is 4.57 Å². The van der Waals surface area contributed by atoms with Gasteiger partial charge in [0.25, 0.3) is 0 Å². The summed E-state index contributed by atoms with van der Waals surface area (Å²) >= 11 is 10.8. The Morgan fingerprint density at radius 1 is 0.769 bits per heavy atom. The summed E-state index contributed by atoms with van der Waals surface area (Å²) in [6.07, 6.45) is -0.228. The summed E-state index contributed by atoms with van der Waals surface area (Å²) in [7, 11) is -1.73. The van der Waals surface area contributed by atoms with Crippen molar-refractivity contribution in [1.82, 2.24) is 0 Å². The van der Waals surface area contributed by atoms with E-state index in [1.807, 2.05) is 0 Å². The summed E-state index contributed by atoms with van der Waals surface area (Å²) in [5.74, 6) is 0.434. The molecule has 13 heteroatoms. The molecule has 0 aromatic heterocycles. The Kier molecular flexibility index (Phi) is 21.2. The third-order valence-corrected chi connectivity index (χ3v) is 7.16. The Bertz CT molecular complexity index is 323. The van der Waals surface area contributed by atoms with Gasteiger partial charge in [-0.2, -0.15) is 0 Å². The van der Waals surface area contributed by atoms with Gasteiger partial charge in [-0.25, -0.2) is 0 Å². The van der Waals surface area contributed by atoms with E-state index in [0.717, 1.165) is 0 Å². The quantitative estimate of drug-likeness (QED) is 0.153. The average molecular weight is 461 g/mol. The maximum atomic E-state index is 9.84. The second-order valence-corrected chi connectivity index (χ2v) is 9.99. The predicted octanol–water partition coefficient (Wildman–Crippen LogP) is 1.56. The molecule has 0 spiro atoms. The maximum Gasteiger partial charge on any atom is 0.502 e. The zero-order valence-electron chi connectivity index (χ0n) is 15.5. The highest BCUT2D eigenvalue weighted by Gasteiger charge is 2.40. The van der Waals surface area contributed by atoms with Crippen LogP contribution in [0.3, 0.4) is 0 Å². The summed E-state index contributed by atoms with van der Waals surface area (Å²) < 4.78 is 42.1. The average Bonchev–Trinajstić information content (AvgIpc) is 2.55. The number of hydrogen-bond donors (Lipinski definition) is 2. The van der Waals surface area contributed by atoms with Crippen LogP contribution in [0.2, 0.25) is 6.04 Å². The number of rotatable bonds is 16. The van der Waals surface area contributed by atoms with Gasteiger partial charge in [0.05, 0.1) is 45.8 Å². The molecule has 0 aliphatic carbocycles. The minimum absolute atomic E-state index is 0.0181. The van der Waals surface area contributed by atoms with E-state index in [4.69, 9.17) is 60.5 Å². The van der Waals surface area contributed by atoms with Gasteiger partial charge in [-0.05, 0) is 0 Å². The van der Waals surface area contributed by atoms with Crippen LogP contribution in [0.1, 0.15) is 0 Å². The van der Waals surface area contributed by atoms with E-state index in [0.29, 0.717) is 51.6 Å². The first-order valence-electron chi connectivity index (χ1n) is 7.86. The van der Waals surface area contributed by atoms with Gasteiger partial charge in [0.1, 0.15) is 0 Å². The van der Waals surface area contributed by atoms with Crippen molar-refractivity contribution in [2.24, 2.45) is 0 Å². The van der Waals surface area contributed by atoms with Crippen LogP contribution >= 0.6 is 30.8 Å². The van der Waals surface area contributed by atoms with E-state index in [-0.39, 0.29) is 12.0 Å². The number of ether oxygens (including phenoxy) is 3. The van der Waals surface area contributed by atoms with Crippen molar-refractivity contribution in [2.45, 2.75) is 6.04 Å². The largest absolute Gasteiger partial charge is 0.502 e. The highest BCUT2D eigenvalue weighted by atomic mass is 35.5. The summed E-state index contributed by atoms with van der Waals surface area (Å²) in [5.41, 5.74) is 0. The molecule has 0 unspecified atom stereocenters.